The van der Waals surface area contributed by atoms with Gasteiger partial charge < -0.3 is 4.74 Å². The maximum Gasteiger partial charge on any atom is 0.197 e. The zero-order valence-electron chi connectivity index (χ0n) is 28.4. The van der Waals surface area contributed by atoms with Crippen molar-refractivity contribution in [3.05, 3.63) is 121 Å². The topological polar surface area (TPSA) is 103 Å². The van der Waals surface area contributed by atoms with Gasteiger partial charge in [0.1, 0.15) is 30.0 Å². The molecule has 7 nitrogen and oxygen atoms in total. The number of nitrogens with zero attached hydrogens (tertiary/aromatic N) is 2. The number of halogens is 4. The van der Waals surface area contributed by atoms with Crippen LogP contribution in [0.25, 0.3) is 62.5 Å². The van der Waals surface area contributed by atoms with Crippen molar-refractivity contribution >= 4 is 121 Å². The molecule has 0 radical (unpaired) electrons. The molecule has 0 saturated carbocycles. The van der Waals surface area contributed by atoms with Gasteiger partial charge in [0.15, 0.2) is 52.2 Å². The van der Waals surface area contributed by atoms with Gasteiger partial charge in [-0.15, -0.1) is 45.3 Å². The standard InChI is InChI=1S/C41H16F4N2O5S4/c1-41(2)29-35(55-39-36(29)53-27(46-39)11-21-30(48)17-3-13-7-23(42)24(43)8-14(13)4-18(17)31(21)49)37-34(52-41)38-40(56-37)47-28(54-38)12-22-32(50)19-5-15-9-25(44)26(45)10-16(15)6-20(19)33(22)51/h3-12H,1-2H3. The molecule has 0 unspecified atom stereocenters. The van der Waals surface area contributed by atoms with E-state index < -0.39 is 52.0 Å². The Labute approximate surface area is 326 Å². The molecule has 0 fully saturated rings. The molecule has 0 atom stereocenters. The zero-order chi connectivity index (χ0) is 38.7. The summed E-state index contributed by atoms with van der Waals surface area (Å²) in [6, 6.07) is 9.62. The van der Waals surface area contributed by atoms with E-state index in [2.05, 4.69) is 0 Å². The Hall–Kier alpha value is -5.74. The van der Waals surface area contributed by atoms with Crippen LogP contribution in [0.1, 0.15) is 70.9 Å². The van der Waals surface area contributed by atoms with Gasteiger partial charge >= 0.3 is 0 Å². The maximum atomic E-state index is 13.9. The van der Waals surface area contributed by atoms with Crippen LogP contribution in [0.5, 0.6) is 5.75 Å². The minimum atomic E-state index is -1.05. The van der Waals surface area contributed by atoms with Crippen LogP contribution in [0.3, 0.4) is 0 Å². The maximum absolute atomic E-state index is 13.9. The summed E-state index contributed by atoms with van der Waals surface area (Å²) in [6.07, 6.45) is 2.91. The van der Waals surface area contributed by atoms with E-state index in [1.807, 2.05) is 13.8 Å². The molecule has 5 heterocycles. The molecule has 0 amide bonds. The van der Waals surface area contributed by atoms with E-state index in [0.29, 0.717) is 47.0 Å². The summed E-state index contributed by atoms with van der Waals surface area (Å²) >= 11 is 5.45. The van der Waals surface area contributed by atoms with Crippen molar-refractivity contribution in [2.75, 3.05) is 0 Å². The molecule has 0 N–H and O–H groups in total. The lowest BCUT2D eigenvalue weighted by atomic mass is 9.95. The number of ether oxygens (including phenoxy) is 1. The van der Waals surface area contributed by atoms with Crippen LogP contribution < -0.4 is 4.74 Å². The van der Waals surface area contributed by atoms with E-state index in [1.165, 1.54) is 81.8 Å². The van der Waals surface area contributed by atoms with E-state index in [4.69, 9.17) is 14.7 Å². The smallest absolute Gasteiger partial charge is 0.197 e. The summed E-state index contributed by atoms with van der Waals surface area (Å²) in [7, 11) is 0. The lowest BCUT2D eigenvalue weighted by Gasteiger charge is -2.31. The first-order valence-corrected chi connectivity index (χ1v) is 20.0. The molecule has 0 saturated heterocycles. The van der Waals surface area contributed by atoms with Gasteiger partial charge in [-0.05, 0) is 96.1 Å². The van der Waals surface area contributed by atoms with Crippen LogP contribution in [0.15, 0.2) is 59.7 Å². The van der Waals surface area contributed by atoms with Gasteiger partial charge in [-0.3, -0.25) is 19.2 Å². The first-order chi connectivity index (χ1) is 26.7. The molecule has 11 rings (SSSR count). The largest absolute Gasteiger partial charge is 0.480 e. The van der Waals surface area contributed by atoms with Gasteiger partial charge in [0.05, 0.1) is 25.6 Å². The molecule has 0 spiro atoms. The van der Waals surface area contributed by atoms with E-state index in [1.54, 1.807) is 0 Å². The number of thiazole rings is 2. The number of thiophene rings is 2. The van der Waals surface area contributed by atoms with Gasteiger partial charge in [-0.25, -0.2) is 27.5 Å². The molecular weight excluding hydrogens is 805 g/mol. The molecule has 4 aromatic carbocycles. The molecule has 1 aliphatic heterocycles. The van der Waals surface area contributed by atoms with Crippen LogP contribution >= 0.6 is 45.3 Å². The van der Waals surface area contributed by atoms with Crippen molar-refractivity contribution in [3.8, 4) is 15.5 Å². The van der Waals surface area contributed by atoms with E-state index in [9.17, 15) is 36.7 Å². The number of rotatable bonds is 2. The first kappa shape index (κ1) is 33.6. The van der Waals surface area contributed by atoms with Crippen molar-refractivity contribution in [3.63, 3.8) is 0 Å². The number of hydrogen-bond donors (Lipinski definition) is 0. The van der Waals surface area contributed by atoms with Gasteiger partial charge in [-0.2, -0.15) is 0 Å². The molecule has 2 aliphatic carbocycles. The third-order valence-electron chi connectivity index (χ3n) is 10.2. The average Bonchev–Trinajstić information content (AvgIpc) is 3.97. The van der Waals surface area contributed by atoms with Crippen molar-refractivity contribution < 1.29 is 41.5 Å². The summed E-state index contributed by atoms with van der Waals surface area (Å²) in [5.74, 6) is -5.64. The highest BCUT2D eigenvalue weighted by atomic mass is 32.1. The Morgan fingerprint density at radius 3 is 1.34 bits per heavy atom. The molecule has 3 aliphatic rings. The second-order valence-corrected chi connectivity index (χ2v) is 18.1. The average molecular weight is 821 g/mol. The number of hydrogen-bond acceptors (Lipinski definition) is 11. The number of allylic oxidation sites excluding steroid dienone is 2. The SMILES string of the molecule is CC1(C)Oc2c(sc3nc(C=C4C(=O)c5cc6cc(F)c(F)cc6cc5C4=O)sc23)-c2sc3nc(C=C4C(=O)c5cc6cc(F)c(F)cc6cc5C4=O)sc3c21. The highest BCUT2D eigenvalue weighted by Gasteiger charge is 2.41. The van der Waals surface area contributed by atoms with Crippen molar-refractivity contribution in [1.29, 1.82) is 0 Å². The summed E-state index contributed by atoms with van der Waals surface area (Å²) < 4.78 is 63.9. The van der Waals surface area contributed by atoms with Gasteiger partial charge in [0.25, 0.3) is 0 Å². The molecule has 0 bridgehead atoms. The number of aromatic nitrogens is 2. The fourth-order valence-electron chi connectivity index (χ4n) is 7.59. The quantitative estimate of drug-likeness (QED) is 0.0972. The fraction of sp³-hybridized carbons (Fsp3) is 0.0732. The Morgan fingerprint density at radius 1 is 0.536 bits per heavy atom. The highest BCUT2D eigenvalue weighted by Crippen LogP contribution is 2.59. The van der Waals surface area contributed by atoms with E-state index >= 15 is 0 Å². The Morgan fingerprint density at radius 2 is 0.911 bits per heavy atom. The van der Waals surface area contributed by atoms with Crippen LogP contribution in [-0.4, -0.2) is 33.1 Å². The van der Waals surface area contributed by atoms with Gasteiger partial charge in [-0.1, -0.05) is 0 Å². The molecule has 15 heteroatoms. The number of Topliss-reactive ketones (excluding diaryl/α,β-unsaturated/α-hetero) is 4. The summed E-state index contributed by atoms with van der Waals surface area (Å²) in [5, 5.41) is 2.09. The van der Waals surface area contributed by atoms with Gasteiger partial charge in [0.2, 0.25) is 0 Å². The number of ketones is 4. The highest BCUT2D eigenvalue weighted by molar-refractivity contribution is 7.34. The second-order valence-electron chi connectivity index (χ2n) is 14.0. The molecule has 8 aromatic rings. The summed E-state index contributed by atoms with van der Waals surface area (Å²) in [5.41, 5.74) is 0.382. The molecule has 56 heavy (non-hydrogen) atoms. The van der Waals surface area contributed by atoms with Crippen molar-refractivity contribution in [1.82, 2.24) is 9.97 Å². The normalized spacial score (nSPS) is 15.7. The van der Waals surface area contributed by atoms with E-state index in [-0.39, 0.29) is 33.4 Å². The number of carbonyl (C=O) groups is 4. The number of benzene rings is 4. The Kier molecular flexibility index (Phi) is 6.71. The molecule has 4 aromatic heterocycles. The molecule has 272 valence electrons. The van der Waals surface area contributed by atoms with Crippen LogP contribution in [0.2, 0.25) is 0 Å². The first-order valence-electron chi connectivity index (χ1n) is 16.8. The van der Waals surface area contributed by atoms with Crippen molar-refractivity contribution in [2.45, 2.75) is 19.4 Å². The Bertz CT molecular complexity index is 3220. The number of carbonyl (C=O) groups excluding carboxylic acids is 4. The summed E-state index contributed by atoms with van der Waals surface area (Å²) in [4.78, 5) is 66.2. The zero-order valence-corrected chi connectivity index (χ0v) is 31.6. The third-order valence-corrected chi connectivity index (χ3v) is 14.8. The lowest BCUT2D eigenvalue weighted by molar-refractivity contribution is 0.0975. The minimum Gasteiger partial charge on any atom is -0.480 e. The predicted molar refractivity (Wildman–Crippen MR) is 209 cm³/mol. The van der Waals surface area contributed by atoms with Crippen molar-refractivity contribution in [2.24, 2.45) is 0 Å². The van der Waals surface area contributed by atoms with Crippen LogP contribution in [-0.2, 0) is 5.60 Å². The fourth-order valence-corrected chi connectivity index (χ4v) is 12.7. The number of fused-ring (bicyclic) bond motifs is 11. The predicted octanol–water partition coefficient (Wildman–Crippen LogP) is 11.1. The monoisotopic (exact) mass is 820 g/mol. The lowest BCUT2D eigenvalue weighted by Crippen LogP contribution is -2.27. The Balaban J connectivity index is 0.935. The van der Waals surface area contributed by atoms with Crippen LogP contribution in [0, 0.1) is 23.3 Å². The van der Waals surface area contributed by atoms with E-state index in [0.717, 1.165) is 49.0 Å². The minimum absolute atomic E-state index is 0.0799. The second kappa shape index (κ2) is 11.2. The summed E-state index contributed by atoms with van der Waals surface area (Å²) in [6.45, 7) is 3.86. The molecular formula is C41H16F4N2O5S4. The van der Waals surface area contributed by atoms with Crippen LogP contribution in [0.4, 0.5) is 17.6 Å². The van der Waals surface area contributed by atoms with Gasteiger partial charge in [0, 0.05) is 27.8 Å². The third kappa shape index (κ3) is 4.59.